The Bertz CT molecular complexity index is 364. The number of hydrogen-bond donors (Lipinski definition) is 1. The van der Waals surface area contributed by atoms with Gasteiger partial charge in [0, 0.05) is 17.1 Å². The molecule has 3 nitrogen and oxygen atoms in total. The third-order valence-corrected chi connectivity index (χ3v) is 3.41. The average Bonchev–Trinajstić information content (AvgIpc) is 2.36. The Morgan fingerprint density at radius 1 is 1.41 bits per heavy atom. The molecule has 17 heavy (non-hydrogen) atoms. The van der Waals surface area contributed by atoms with Gasteiger partial charge in [0.1, 0.15) is 0 Å². The molecule has 0 fully saturated rings. The molecule has 0 saturated heterocycles. The van der Waals surface area contributed by atoms with Crippen LogP contribution in [0.5, 0.6) is 0 Å². The van der Waals surface area contributed by atoms with Gasteiger partial charge in [-0.15, -0.1) is 0 Å². The van der Waals surface area contributed by atoms with E-state index in [2.05, 4.69) is 22.9 Å². The van der Waals surface area contributed by atoms with Crippen LogP contribution in [-0.2, 0) is 11.3 Å². The zero-order chi connectivity index (χ0) is 12.8. The molecule has 0 saturated carbocycles. The highest BCUT2D eigenvalue weighted by molar-refractivity contribution is 9.10. The van der Waals surface area contributed by atoms with Crippen molar-refractivity contribution in [3.8, 4) is 0 Å². The van der Waals surface area contributed by atoms with Gasteiger partial charge >= 0.3 is 0 Å². The molecule has 1 aromatic rings. The molecule has 94 valence electrons. The summed E-state index contributed by atoms with van der Waals surface area (Å²) in [5, 5.41) is 0. The van der Waals surface area contributed by atoms with Crippen LogP contribution in [-0.4, -0.2) is 23.4 Å². The van der Waals surface area contributed by atoms with Crippen LogP contribution in [0.3, 0.4) is 0 Å². The molecule has 0 spiro atoms. The quantitative estimate of drug-likeness (QED) is 0.908. The van der Waals surface area contributed by atoms with Gasteiger partial charge < -0.3 is 10.6 Å². The van der Waals surface area contributed by atoms with Gasteiger partial charge in [0.15, 0.2) is 0 Å². The molecule has 0 bridgehead atoms. The number of amides is 1. The van der Waals surface area contributed by atoms with Crippen molar-refractivity contribution in [2.45, 2.75) is 32.9 Å². The van der Waals surface area contributed by atoms with Gasteiger partial charge in [0.25, 0.3) is 0 Å². The fraction of sp³-hybridized carbons (Fsp3) is 0.462. The standard InChI is InChI=1S/C13H19BrN2O/c1-3-10(2)16(13(17)8-15)9-11-4-6-12(14)7-5-11/h4-7,10H,3,8-9,15H2,1-2H3. The smallest absolute Gasteiger partial charge is 0.236 e. The van der Waals surface area contributed by atoms with Crippen molar-refractivity contribution in [3.63, 3.8) is 0 Å². The van der Waals surface area contributed by atoms with E-state index in [-0.39, 0.29) is 18.5 Å². The summed E-state index contributed by atoms with van der Waals surface area (Å²) in [6.45, 7) is 4.81. The molecule has 0 aliphatic rings. The predicted octanol–water partition coefficient (Wildman–Crippen LogP) is 2.53. The van der Waals surface area contributed by atoms with Gasteiger partial charge in [-0.05, 0) is 31.0 Å². The summed E-state index contributed by atoms with van der Waals surface area (Å²) in [6.07, 6.45) is 0.933. The van der Waals surface area contributed by atoms with E-state index in [4.69, 9.17) is 5.73 Å². The Kier molecular flexibility index (Phi) is 5.65. The lowest BCUT2D eigenvalue weighted by molar-refractivity contribution is -0.132. The predicted molar refractivity (Wildman–Crippen MR) is 73.5 cm³/mol. The summed E-state index contributed by atoms with van der Waals surface area (Å²) in [5.74, 6) is 0.00210. The minimum Gasteiger partial charge on any atom is -0.335 e. The number of hydrogen-bond acceptors (Lipinski definition) is 2. The van der Waals surface area contributed by atoms with E-state index in [1.54, 1.807) is 0 Å². The summed E-state index contributed by atoms with van der Waals surface area (Å²) in [5.41, 5.74) is 6.57. The molecular formula is C13H19BrN2O. The molecule has 0 aromatic heterocycles. The van der Waals surface area contributed by atoms with Gasteiger partial charge in [0.05, 0.1) is 6.54 Å². The van der Waals surface area contributed by atoms with Crippen molar-refractivity contribution in [3.05, 3.63) is 34.3 Å². The van der Waals surface area contributed by atoms with Crippen LogP contribution in [0, 0.1) is 0 Å². The first-order valence-corrected chi connectivity index (χ1v) is 6.61. The van der Waals surface area contributed by atoms with Crippen LogP contribution in [0.4, 0.5) is 0 Å². The molecule has 1 rings (SSSR count). The fourth-order valence-corrected chi connectivity index (χ4v) is 1.88. The number of rotatable bonds is 5. The number of halogens is 1. The molecule has 4 heteroatoms. The van der Waals surface area contributed by atoms with E-state index in [1.807, 2.05) is 36.1 Å². The lowest BCUT2D eigenvalue weighted by atomic mass is 10.1. The summed E-state index contributed by atoms with van der Waals surface area (Å²) >= 11 is 3.40. The van der Waals surface area contributed by atoms with E-state index in [1.165, 1.54) is 0 Å². The second-order valence-corrected chi connectivity index (χ2v) is 5.03. The van der Waals surface area contributed by atoms with Crippen LogP contribution < -0.4 is 5.73 Å². The molecule has 0 radical (unpaired) electrons. The zero-order valence-corrected chi connectivity index (χ0v) is 11.9. The molecule has 1 atom stereocenters. The number of carbonyl (C=O) groups excluding carboxylic acids is 1. The zero-order valence-electron chi connectivity index (χ0n) is 10.3. The van der Waals surface area contributed by atoms with Gasteiger partial charge in [0.2, 0.25) is 5.91 Å². The van der Waals surface area contributed by atoms with Crippen LogP contribution in [0.2, 0.25) is 0 Å². The Morgan fingerprint density at radius 2 is 2.00 bits per heavy atom. The first-order chi connectivity index (χ1) is 8.08. The summed E-state index contributed by atoms with van der Waals surface area (Å²) in [7, 11) is 0. The molecule has 2 N–H and O–H groups in total. The topological polar surface area (TPSA) is 46.3 Å². The molecular weight excluding hydrogens is 280 g/mol. The van der Waals surface area contributed by atoms with Gasteiger partial charge in [-0.3, -0.25) is 4.79 Å². The third-order valence-electron chi connectivity index (χ3n) is 2.88. The first-order valence-electron chi connectivity index (χ1n) is 5.82. The van der Waals surface area contributed by atoms with Crippen molar-refractivity contribution in [2.75, 3.05) is 6.54 Å². The van der Waals surface area contributed by atoms with E-state index in [0.29, 0.717) is 6.54 Å². The summed E-state index contributed by atoms with van der Waals surface area (Å²) in [6, 6.07) is 8.22. The largest absolute Gasteiger partial charge is 0.335 e. The van der Waals surface area contributed by atoms with Crippen LogP contribution in [0.15, 0.2) is 28.7 Å². The number of nitrogens with two attached hydrogens (primary N) is 1. The Balaban J connectivity index is 2.78. The lowest BCUT2D eigenvalue weighted by Gasteiger charge is -2.28. The molecule has 0 heterocycles. The van der Waals surface area contributed by atoms with Gasteiger partial charge in [-0.1, -0.05) is 35.0 Å². The SMILES string of the molecule is CCC(C)N(Cc1ccc(Br)cc1)C(=O)CN. The van der Waals surface area contributed by atoms with Crippen molar-refractivity contribution in [2.24, 2.45) is 5.73 Å². The average molecular weight is 299 g/mol. The highest BCUT2D eigenvalue weighted by Crippen LogP contribution is 2.14. The van der Waals surface area contributed by atoms with Crippen molar-refractivity contribution < 1.29 is 4.79 Å². The first kappa shape index (κ1) is 14.2. The van der Waals surface area contributed by atoms with Gasteiger partial charge in [-0.25, -0.2) is 0 Å². The molecule has 0 aliphatic heterocycles. The highest BCUT2D eigenvalue weighted by Gasteiger charge is 2.17. The highest BCUT2D eigenvalue weighted by atomic mass is 79.9. The van der Waals surface area contributed by atoms with Crippen molar-refractivity contribution in [1.82, 2.24) is 4.90 Å². The Morgan fingerprint density at radius 3 is 2.47 bits per heavy atom. The normalized spacial score (nSPS) is 12.2. The Labute approximate surface area is 111 Å². The number of benzene rings is 1. The lowest BCUT2D eigenvalue weighted by Crippen LogP contribution is -2.41. The van der Waals surface area contributed by atoms with Gasteiger partial charge in [-0.2, -0.15) is 0 Å². The van der Waals surface area contributed by atoms with Crippen LogP contribution in [0.1, 0.15) is 25.8 Å². The second kappa shape index (κ2) is 6.77. The number of carbonyl (C=O) groups is 1. The maximum Gasteiger partial charge on any atom is 0.236 e. The van der Waals surface area contributed by atoms with E-state index in [9.17, 15) is 4.79 Å². The maximum absolute atomic E-state index is 11.8. The Hall–Kier alpha value is -0.870. The second-order valence-electron chi connectivity index (χ2n) is 4.11. The molecule has 1 aromatic carbocycles. The van der Waals surface area contributed by atoms with E-state index >= 15 is 0 Å². The minimum absolute atomic E-state index is 0.00210. The third kappa shape index (κ3) is 4.13. The van der Waals surface area contributed by atoms with E-state index < -0.39 is 0 Å². The summed E-state index contributed by atoms with van der Waals surface area (Å²) in [4.78, 5) is 13.6. The van der Waals surface area contributed by atoms with E-state index in [0.717, 1.165) is 16.5 Å². The fourth-order valence-electron chi connectivity index (χ4n) is 1.61. The molecule has 0 aliphatic carbocycles. The monoisotopic (exact) mass is 298 g/mol. The maximum atomic E-state index is 11.8. The molecule has 1 unspecified atom stereocenters. The molecule has 1 amide bonds. The minimum atomic E-state index is 0.00210. The van der Waals surface area contributed by atoms with Crippen LogP contribution in [0.25, 0.3) is 0 Å². The summed E-state index contributed by atoms with van der Waals surface area (Å²) < 4.78 is 1.04. The number of nitrogens with zero attached hydrogens (tertiary/aromatic N) is 1. The van der Waals surface area contributed by atoms with Crippen molar-refractivity contribution in [1.29, 1.82) is 0 Å². The van der Waals surface area contributed by atoms with Crippen molar-refractivity contribution >= 4 is 21.8 Å². The van der Waals surface area contributed by atoms with Crippen LogP contribution >= 0.6 is 15.9 Å².